The maximum Gasteiger partial charge on any atom is 0.241 e. The van der Waals surface area contributed by atoms with Gasteiger partial charge in [-0.25, -0.2) is 21.9 Å². The van der Waals surface area contributed by atoms with Gasteiger partial charge in [-0.2, -0.15) is 0 Å². The molecule has 0 aliphatic carbocycles. The van der Waals surface area contributed by atoms with E-state index in [0.717, 1.165) is 6.07 Å². The molecule has 0 amide bonds. The summed E-state index contributed by atoms with van der Waals surface area (Å²) in [7, 11) is -3.96. The molecule has 0 radical (unpaired) electrons. The van der Waals surface area contributed by atoms with Crippen molar-refractivity contribution in [1.82, 2.24) is 4.72 Å². The van der Waals surface area contributed by atoms with Crippen LogP contribution in [0.3, 0.4) is 0 Å². The largest absolute Gasteiger partial charge is 0.241 e. The van der Waals surface area contributed by atoms with Crippen LogP contribution >= 0.6 is 11.6 Å². The zero-order valence-electron chi connectivity index (χ0n) is 11.0. The van der Waals surface area contributed by atoms with Crippen molar-refractivity contribution in [3.05, 3.63) is 64.2 Å². The Labute approximate surface area is 126 Å². The highest BCUT2D eigenvalue weighted by Gasteiger charge is 2.18. The Morgan fingerprint density at radius 2 is 1.90 bits per heavy atom. The minimum Gasteiger partial charge on any atom is -0.207 e. The van der Waals surface area contributed by atoms with Gasteiger partial charge in [0.1, 0.15) is 11.6 Å². The molecule has 0 aliphatic heterocycles. The number of rotatable bonds is 4. The Morgan fingerprint density at radius 1 is 1.19 bits per heavy atom. The maximum absolute atomic E-state index is 13.6. The van der Waals surface area contributed by atoms with E-state index in [-0.39, 0.29) is 22.0 Å². The Morgan fingerprint density at radius 3 is 2.57 bits per heavy atom. The monoisotopic (exact) mass is 331 g/mol. The molecule has 2 aromatic rings. The highest BCUT2D eigenvalue weighted by Crippen LogP contribution is 2.21. The van der Waals surface area contributed by atoms with Crippen LogP contribution in [0.4, 0.5) is 8.78 Å². The summed E-state index contributed by atoms with van der Waals surface area (Å²) >= 11 is 5.83. The molecule has 1 N–H and O–H groups in total. The number of aryl methyl sites for hydroxylation is 1. The van der Waals surface area contributed by atoms with E-state index in [1.807, 2.05) is 0 Å². The van der Waals surface area contributed by atoms with Crippen LogP contribution in [0.5, 0.6) is 0 Å². The molecule has 112 valence electrons. The molecule has 0 saturated heterocycles. The summed E-state index contributed by atoms with van der Waals surface area (Å²) in [6, 6.07) is 7.51. The molecule has 21 heavy (non-hydrogen) atoms. The predicted molar refractivity (Wildman–Crippen MR) is 76.6 cm³/mol. The van der Waals surface area contributed by atoms with Gasteiger partial charge in [0, 0.05) is 17.1 Å². The fraction of sp³-hybridized carbons (Fsp3) is 0.143. The smallest absolute Gasteiger partial charge is 0.207 e. The first-order valence-corrected chi connectivity index (χ1v) is 7.86. The van der Waals surface area contributed by atoms with Gasteiger partial charge in [-0.3, -0.25) is 0 Å². The molecular weight excluding hydrogens is 320 g/mol. The number of hydrogen-bond donors (Lipinski definition) is 1. The van der Waals surface area contributed by atoms with E-state index in [2.05, 4.69) is 4.72 Å². The van der Waals surface area contributed by atoms with Gasteiger partial charge >= 0.3 is 0 Å². The zero-order chi connectivity index (χ0) is 15.6. The van der Waals surface area contributed by atoms with Crippen LogP contribution in [0.2, 0.25) is 5.02 Å². The zero-order valence-corrected chi connectivity index (χ0v) is 12.6. The van der Waals surface area contributed by atoms with Gasteiger partial charge < -0.3 is 0 Å². The minimum atomic E-state index is -3.96. The summed E-state index contributed by atoms with van der Waals surface area (Å²) in [5.74, 6) is -1.27. The highest BCUT2D eigenvalue weighted by molar-refractivity contribution is 7.89. The second kappa shape index (κ2) is 6.09. The average Bonchev–Trinajstić information content (AvgIpc) is 2.41. The molecular formula is C14H12ClF2NO2S. The van der Waals surface area contributed by atoms with E-state index in [1.54, 1.807) is 6.92 Å². The molecule has 0 fully saturated rings. The van der Waals surface area contributed by atoms with Crippen molar-refractivity contribution in [1.29, 1.82) is 0 Å². The van der Waals surface area contributed by atoms with Gasteiger partial charge in [-0.05, 0) is 36.8 Å². The summed E-state index contributed by atoms with van der Waals surface area (Å²) in [4.78, 5) is -0.185. The second-order valence-electron chi connectivity index (χ2n) is 4.43. The van der Waals surface area contributed by atoms with Crippen LogP contribution < -0.4 is 4.72 Å². The Kier molecular flexibility index (Phi) is 4.61. The van der Waals surface area contributed by atoms with E-state index in [0.29, 0.717) is 5.56 Å². The molecule has 0 saturated carbocycles. The summed E-state index contributed by atoms with van der Waals surface area (Å²) in [6.45, 7) is 1.23. The van der Waals surface area contributed by atoms with Gasteiger partial charge in [0.2, 0.25) is 10.0 Å². The molecule has 0 aliphatic rings. The van der Waals surface area contributed by atoms with Gasteiger partial charge in [-0.15, -0.1) is 0 Å². The molecule has 3 nitrogen and oxygen atoms in total. The van der Waals surface area contributed by atoms with Crippen LogP contribution in [0.1, 0.15) is 11.1 Å². The highest BCUT2D eigenvalue weighted by atomic mass is 35.5. The molecule has 2 aromatic carbocycles. The van der Waals surface area contributed by atoms with E-state index in [4.69, 9.17) is 11.6 Å². The van der Waals surface area contributed by atoms with Crippen molar-refractivity contribution < 1.29 is 17.2 Å². The van der Waals surface area contributed by atoms with E-state index in [9.17, 15) is 17.2 Å². The average molecular weight is 332 g/mol. The molecule has 2 rings (SSSR count). The third kappa shape index (κ3) is 3.58. The number of benzene rings is 2. The van der Waals surface area contributed by atoms with Crippen LogP contribution in [0.25, 0.3) is 0 Å². The van der Waals surface area contributed by atoms with E-state index >= 15 is 0 Å². The topological polar surface area (TPSA) is 46.2 Å². The third-order valence-corrected chi connectivity index (χ3v) is 4.84. The van der Waals surface area contributed by atoms with Gasteiger partial charge in [-0.1, -0.05) is 23.7 Å². The maximum atomic E-state index is 13.6. The molecule has 0 atom stereocenters. The summed E-state index contributed by atoms with van der Waals surface area (Å²) in [5, 5.41) is 0.119. The molecule has 0 bridgehead atoms. The Balaban J connectivity index is 2.28. The van der Waals surface area contributed by atoms with Crippen molar-refractivity contribution >= 4 is 21.6 Å². The van der Waals surface area contributed by atoms with E-state index in [1.165, 1.54) is 30.3 Å². The van der Waals surface area contributed by atoms with E-state index < -0.39 is 21.7 Å². The van der Waals surface area contributed by atoms with Crippen molar-refractivity contribution in [2.24, 2.45) is 0 Å². The van der Waals surface area contributed by atoms with Crippen LogP contribution in [0, 0.1) is 18.6 Å². The Bertz CT molecular complexity index is 758. The number of hydrogen-bond acceptors (Lipinski definition) is 2. The number of nitrogens with one attached hydrogen (secondary N) is 1. The first-order valence-electron chi connectivity index (χ1n) is 6.00. The fourth-order valence-corrected chi connectivity index (χ4v) is 3.29. The predicted octanol–water partition coefficient (Wildman–Crippen LogP) is 3.41. The summed E-state index contributed by atoms with van der Waals surface area (Å²) in [6.07, 6.45) is 0. The van der Waals surface area contributed by atoms with Crippen molar-refractivity contribution in [3.8, 4) is 0 Å². The quantitative estimate of drug-likeness (QED) is 0.933. The Hall–Kier alpha value is -1.50. The summed E-state index contributed by atoms with van der Waals surface area (Å²) in [5.41, 5.74) is 0.431. The van der Waals surface area contributed by atoms with Crippen molar-refractivity contribution in [3.63, 3.8) is 0 Å². The lowest BCUT2D eigenvalue weighted by Gasteiger charge is -2.11. The first kappa shape index (κ1) is 15.9. The second-order valence-corrected chi connectivity index (χ2v) is 6.58. The lowest BCUT2D eigenvalue weighted by atomic mass is 10.2. The number of halogens is 3. The first-order chi connectivity index (χ1) is 9.81. The minimum absolute atomic E-state index is 0.0387. The standard InChI is InChI=1S/C14H12ClF2NO2S/c1-9-5-6-10(16)7-14(9)21(19,20)18-8-11-12(15)3-2-4-13(11)17/h2-7,18H,8H2,1H3. The third-order valence-electron chi connectivity index (χ3n) is 2.94. The van der Waals surface area contributed by atoms with Gasteiger partial charge in [0.15, 0.2) is 0 Å². The fourth-order valence-electron chi connectivity index (χ4n) is 1.81. The van der Waals surface area contributed by atoms with Gasteiger partial charge in [0.05, 0.1) is 4.90 Å². The molecule has 0 spiro atoms. The van der Waals surface area contributed by atoms with Crippen LogP contribution in [-0.4, -0.2) is 8.42 Å². The van der Waals surface area contributed by atoms with Gasteiger partial charge in [0.25, 0.3) is 0 Å². The van der Waals surface area contributed by atoms with Crippen molar-refractivity contribution in [2.45, 2.75) is 18.4 Å². The molecule has 0 unspecified atom stereocenters. The lowest BCUT2D eigenvalue weighted by molar-refractivity contribution is 0.570. The molecule has 0 heterocycles. The van der Waals surface area contributed by atoms with Crippen LogP contribution in [0.15, 0.2) is 41.3 Å². The molecule has 0 aromatic heterocycles. The van der Waals surface area contributed by atoms with Crippen LogP contribution in [-0.2, 0) is 16.6 Å². The van der Waals surface area contributed by atoms with Crippen molar-refractivity contribution in [2.75, 3.05) is 0 Å². The molecule has 7 heteroatoms. The SMILES string of the molecule is Cc1ccc(F)cc1S(=O)(=O)NCc1c(F)cccc1Cl. The lowest BCUT2D eigenvalue weighted by Crippen LogP contribution is -2.24. The number of sulfonamides is 1. The summed E-state index contributed by atoms with van der Waals surface area (Å²) < 4.78 is 53.3. The normalized spacial score (nSPS) is 11.6.